The lowest BCUT2D eigenvalue weighted by molar-refractivity contribution is -0.137. The number of rotatable bonds is 0. The van der Waals surface area contributed by atoms with E-state index in [1.54, 1.807) is 13.8 Å². The minimum atomic E-state index is -0.291. The van der Waals surface area contributed by atoms with Crippen molar-refractivity contribution in [2.75, 3.05) is 0 Å². The number of allylic oxidation sites excluding steroid dienone is 2. The Morgan fingerprint density at radius 3 is 2.36 bits per heavy atom. The summed E-state index contributed by atoms with van der Waals surface area (Å²) in [6, 6.07) is 0. The Hall–Kier alpha value is -0.920. The number of carbonyl (C=O) groups is 2. The van der Waals surface area contributed by atoms with E-state index < -0.39 is 0 Å². The first-order valence-electron chi connectivity index (χ1n) is 3.79. The van der Waals surface area contributed by atoms with E-state index in [1.807, 2.05) is 6.92 Å². The number of hydrogen-bond donors (Lipinski definition) is 0. The first kappa shape index (κ1) is 8.18. The van der Waals surface area contributed by atoms with Gasteiger partial charge in [-0.25, -0.2) is 0 Å². The smallest absolute Gasteiger partial charge is 0.224 e. The largest absolute Gasteiger partial charge is 0.290 e. The maximum atomic E-state index is 11.1. The van der Waals surface area contributed by atoms with E-state index in [4.69, 9.17) is 0 Å². The van der Waals surface area contributed by atoms with E-state index in [0.29, 0.717) is 5.57 Å². The van der Waals surface area contributed by atoms with Crippen LogP contribution in [0.5, 0.6) is 0 Å². The van der Waals surface area contributed by atoms with Crippen molar-refractivity contribution < 1.29 is 9.59 Å². The predicted molar refractivity (Wildman–Crippen MR) is 42.2 cm³/mol. The predicted octanol–water partition coefficient (Wildman–Crippen LogP) is 1.50. The van der Waals surface area contributed by atoms with Crippen LogP contribution in [0.1, 0.15) is 27.2 Å². The molecule has 0 saturated heterocycles. The molecule has 0 fully saturated rings. The molecule has 1 atom stereocenters. The molecule has 0 radical (unpaired) electrons. The minimum Gasteiger partial charge on any atom is -0.290 e. The van der Waals surface area contributed by atoms with Crippen molar-refractivity contribution in [3.8, 4) is 0 Å². The Balaban J connectivity index is 3.05. The summed E-state index contributed by atoms with van der Waals surface area (Å²) in [5, 5.41) is 0. The summed E-state index contributed by atoms with van der Waals surface area (Å²) in [6.07, 6.45) is 0.746. The van der Waals surface area contributed by atoms with Gasteiger partial charge in [-0.2, -0.15) is 0 Å². The van der Waals surface area contributed by atoms with Crippen molar-refractivity contribution in [3.05, 3.63) is 11.1 Å². The molecule has 0 aliphatic heterocycles. The molecule has 1 aliphatic carbocycles. The lowest BCUT2D eigenvalue weighted by Gasteiger charge is -2.17. The van der Waals surface area contributed by atoms with Crippen LogP contribution < -0.4 is 0 Å². The Kier molecular flexibility index (Phi) is 1.94. The van der Waals surface area contributed by atoms with Crippen LogP contribution in [0.15, 0.2) is 11.1 Å². The summed E-state index contributed by atoms with van der Waals surface area (Å²) in [7, 11) is 0. The first-order chi connectivity index (χ1) is 5.04. The average molecular weight is 152 g/mol. The van der Waals surface area contributed by atoms with Gasteiger partial charge in [-0.1, -0.05) is 12.5 Å². The van der Waals surface area contributed by atoms with Gasteiger partial charge >= 0.3 is 0 Å². The molecular formula is C9H12O2. The van der Waals surface area contributed by atoms with Gasteiger partial charge in [-0.3, -0.25) is 9.59 Å². The molecule has 0 heterocycles. The fraction of sp³-hybridized carbons (Fsp3) is 0.556. The van der Waals surface area contributed by atoms with Crippen LogP contribution in [-0.2, 0) is 9.59 Å². The van der Waals surface area contributed by atoms with Crippen molar-refractivity contribution in [1.82, 2.24) is 0 Å². The zero-order valence-corrected chi connectivity index (χ0v) is 7.10. The van der Waals surface area contributed by atoms with Gasteiger partial charge in [-0.05, 0) is 25.8 Å². The van der Waals surface area contributed by atoms with Crippen molar-refractivity contribution in [2.24, 2.45) is 5.92 Å². The third-order valence-electron chi connectivity index (χ3n) is 2.26. The molecule has 1 unspecified atom stereocenters. The zero-order valence-electron chi connectivity index (χ0n) is 7.10. The second-order valence-corrected chi connectivity index (χ2v) is 3.20. The molecule has 11 heavy (non-hydrogen) atoms. The normalized spacial score (nSPS) is 26.3. The Morgan fingerprint density at radius 1 is 1.27 bits per heavy atom. The maximum absolute atomic E-state index is 11.1. The van der Waals surface area contributed by atoms with Gasteiger partial charge in [-0.15, -0.1) is 0 Å². The molecule has 0 aromatic carbocycles. The number of ketones is 2. The number of carbonyl (C=O) groups excluding carboxylic acids is 2. The van der Waals surface area contributed by atoms with Crippen molar-refractivity contribution in [3.63, 3.8) is 0 Å². The highest BCUT2D eigenvalue weighted by atomic mass is 16.2. The highest BCUT2D eigenvalue weighted by molar-refractivity contribution is 6.44. The zero-order chi connectivity index (χ0) is 8.59. The van der Waals surface area contributed by atoms with E-state index in [2.05, 4.69) is 0 Å². The highest BCUT2D eigenvalue weighted by Gasteiger charge is 2.28. The summed E-state index contributed by atoms with van der Waals surface area (Å²) in [6.45, 7) is 5.44. The van der Waals surface area contributed by atoms with E-state index in [1.165, 1.54) is 0 Å². The standard InChI is InChI=1S/C9H12O2/c1-5-4-6(2)8(10)9(11)7(5)3/h6H,4H2,1-3H3. The summed E-state index contributed by atoms with van der Waals surface area (Å²) >= 11 is 0. The van der Waals surface area contributed by atoms with Crippen LogP contribution in [0, 0.1) is 5.92 Å². The molecule has 0 amide bonds. The topological polar surface area (TPSA) is 34.1 Å². The molecule has 0 bridgehead atoms. The molecule has 1 rings (SSSR count). The first-order valence-corrected chi connectivity index (χ1v) is 3.79. The van der Waals surface area contributed by atoms with Gasteiger partial charge in [0, 0.05) is 5.92 Å². The van der Waals surface area contributed by atoms with Gasteiger partial charge in [0.2, 0.25) is 11.6 Å². The SMILES string of the molecule is CC1=C(C)C(=O)C(=O)C(C)C1. The van der Waals surface area contributed by atoms with Gasteiger partial charge in [0.05, 0.1) is 0 Å². The minimum absolute atomic E-state index is 0.105. The molecule has 2 nitrogen and oxygen atoms in total. The third kappa shape index (κ3) is 1.25. The highest BCUT2D eigenvalue weighted by Crippen LogP contribution is 2.23. The van der Waals surface area contributed by atoms with Crippen LogP contribution in [0.25, 0.3) is 0 Å². The van der Waals surface area contributed by atoms with Crippen LogP contribution in [0.2, 0.25) is 0 Å². The quantitative estimate of drug-likeness (QED) is 0.493. The average Bonchev–Trinajstić information content (AvgIpc) is 1.97. The molecule has 1 aliphatic rings. The Bertz CT molecular complexity index is 248. The molecule has 60 valence electrons. The Morgan fingerprint density at radius 2 is 1.82 bits per heavy atom. The van der Waals surface area contributed by atoms with Crippen LogP contribution in [0.4, 0.5) is 0 Å². The second kappa shape index (κ2) is 2.61. The van der Waals surface area contributed by atoms with Gasteiger partial charge < -0.3 is 0 Å². The molecular weight excluding hydrogens is 140 g/mol. The number of Topliss-reactive ketones (excluding diaryl/α,β-unsaturated/α-hetero) is 2. The fourth-order valence-electron chi connectivity index (χ4n) is 1.31. The summed E-state index contributed by atoms with van der Waals surface area (Å²) in [5.41, 5.74) is 1.70. The molecule has 0 saturated carbocycles. The fourth-order valence-corrected chi connectivity index (χ4v) is 1.31. The van der Waals surface area contributed by atoms with E-state index >= 15 is 0 Å². The summed E-state index contributed by atoms with van der Waals surface area (Å²) in [5.74, 6) is -0.624. The Labute approximate surface area is 66.3 Å². The van der Waals surface area contributed by atoms with Gasteiger partial charge in [0.15, 0.2) is 0 Å². The third-order valence-corrected chi connectivity index (χ3v) is 2.26. The van der Waals surface area contributed by atoms with E-state index in [0.717, 1.165) is 12.0 Å². The maximum Gasteiger partial charge on any atom is 0.224 e. The van der Waals surface area contributed by atoms with Crippen molar-refractivity contribution >= 4 is 11.6 Å². The second-order valence-electron chi connectivity index (χ2n) is 3.20. The molecule has 0 spiro atoms. The molecule has 0 aromatic rings. The molecule has 0 aromatic heterocycles. The van der Waals surface area contributed by atoms with Gasteiger partial charge in [0.25, 0.3) is 0 Å². The molecule has 2 heteroatoms. The monoisotopic (exact) mass is 152 g/mol. The summed E-state index contributed by atoms with van der Waals surface area (Å²) in [4.78, 5) is 22.2. The van der Waals surface area contributed by atoms with Crippen LogP contribution in [0.3, 0.4) is 0 Å². The van der Waals surface area contributed by atoms with Gasteiger partial charge in [0.1, 0.15) is 0 Å². The van der Waals surface area contributed by atoms with E-state index in [-0.39, 0.29) is 17.5 Å². The van der Waals surface area contributed by atoms with Crippen LogP contribution >= 0.6 is 0 Å². The summed E-state index contributed by atoms with van der Waals surface area (Å²) < 4.78 is 0. The number of hydrogen-bond acceptors (Lipinski definition) is 2. The molecule has 0 N–H and O–H groups in total. The van der Waals surface area contributed by atoms with Crippen molar-refractivity contribution in [2.45, 2.75) is 27.2 Å². The lowest BCUT2D eigenvalue weighted by Crippen LogP contribution is -2.27. The lowest BCUT2D eigenvalue weighted by atomic mass is 9.84. The van der Waals surface area contributed by atoms with Crippen molar-refractivity contribution in [1.29, 1.82) is 0 Å². The van der Waals surface area contributed by atoms with Crippen LogP contribution in [-0.4, -0.2) is 11.6 Å². The van der Waals surface area contributed by atoms with E-state index in [9.17, 15) is 9.59 Å².